The maximum absolute atomic E-state index is 4.52. The highest BCUT2D eigenvalue weighted by Gasteiger charge is 2.12. The van der Waals surface area contributed by atoms with E-state index in [4.69, 9.17) is 0 Å². The minimum atomic E-state index is 0.734. The number of anilines is 1. The number of aryl methyl sites for hydroxylation is 1. The first-order valence-corrected chi connectivity index (χ1v) is 7.09. The Morgan fingerprint density at radius 2 is 2.47 bits per heavy atom. The van der Waals surface area contributed by atoms with Gasteiger partial charge in [-0.15, -0.1) is 5.10 Å². The van der Waals surface area contributed by atoms with Gasteiger partial charge in [-0.2, -0.15) is 4.98 Å². The highest BCUT2D eigenvalue weighted by Crippen LogP contribution is 2.14. The molecule has 0 spiro atoms. The summed E-state index contributed by atoms with van der Waals surface area (Å²) in [6.07, 6.45) is 5.76. The van der Waals surface area contributed by atoms with Gasteiger partial charge in [0.1, 0.15) is 0 Å². The van der Waals surface area contributed by atoms with Gasteiger partial charge in [-0.1, -0.05) is 6.07 Å². The second-order valence-corrected chi connectivity index (χ2v) is 5.32. The Hall–Kier alpha value is -1.62. The van der Waals surface area contributed by atoms with Crippen molar-refractivity contribution in [2.24, 2.45) is 5.92 Å². The van der Waals surface area contributed by atoms with Gasteiger partial charge in [0.2, 0.25) is 5.95 Å². The van der Waals surface area contributed by atoms with Crippen molar-refractivity contribution in [1.82, 2.24) is 19.9 Å². The van der Waals surface area contributed by atoms with E-state index < -0.39 is 0 Å². The van der Waals surface area contributed by atoms with Gasteiger partial charge in [-0.3, -0.25) is 0 Å². The molecule has 1 aliphatic heterocycles. The Labute approximate surface area is 113 Å². The average Bonchev–Trinajstić information content (AvgIpc) is 2.84. The zero-order chi connectivity index (χ0) is 13.1. The second kappa shape index (κ2) is 5.57. The van der Waals surface area contributed by atoms with Crippen LogP contribution >= 0.6 is 0 Å². The molecule has 1 fully saturated rings. The standard InChI is InChI=1S/C14H21N5/c1-11-4-3-9-19-13(11)17-14(18-19)16-8-6-12-5-2-7-15-10-12/h3-4,9,12,15H,2,5-8,10H2,1H3,(H,16,18). The van der Waals surface area contributed by atoms with Crippen LogP contribution < -0.4 is 10.6 Å². The van der Waals surface area contributed by atoms with Crippen molar-refractivity contribution >= 4 is 11.6 Å². The second-order valence-electron chi connectivity index (χ2n) is 5.32. The Balaban J connectivity index is 1.57. The molecule has 2 N–H and O–H groups in total. The summed E-state index contributed by atoms with van der Waals surface area (Å²) < 4.78 is 1.83. The number of fused-ring (bicyclic) bond motifs is 1. The lowest BCUT2D eigenvalue weighted by molar-refractivity contribution is 0.364. The van der Waals surface area contributed by atoms with E-state index in [2.05, 4.69) is 33.7 Å². The van der Waals surface area contributed by atoms with E-state index in [1.54, 1.807) is 0 Å². The molecule has 0 radical (unpaired) electrons. The van der Waals surface area contributed by atoms with E-state index in [9.17, 15) is 0 Å². The quantitative estimate of drug-likeness (QED) is 0.879. The average molecular weight is 259 g/mol. The molecular weight excluding hydrogens is 238 g/mol. The van der Waals surface area contributed by atoms with Crippen molar-refractivity contribution in [3.63, 3.8) is 0 Å². The van der Waals surface area contributed by atoms with Crippen LogP contribution in [-0.2, 0) is 0 Å². The fraction of sp³-hybridized carbons (Fsp3) is 0.571. The van der Waals surface area contributed by atoms with Gasteiger partial charge in [-0.25, -0.2) is 4.52 Å². The Morgan fingerprint density at radius 1 is 1.53 bits per heavy atom. The molecule has 2 aromatic rings. The van der Waals surface area contributed by atoms with E-state index in [1.165, 1.54) is 25.8 Å². The molecule has 0 aromatic carbocycles. The molecule has 1 atom stereocenters. The Bertz CT molecular complexity index is 542. The topological polar surface area (TPSA) is 54.2 Å². The largest absolute Gasteiger partial charge is 0.353 e. The van der Waals surface area contributed by atoms with Crippen LogP contribution in [0.15, 0.2) is 18.3 Å². The van der Waals surface area contributed by atoms with Crippen molar-refractivity contribution in [2.45, 2.75) is 26.2 Å². The molecule has 5 heteroatoms. The summed E-state index contributed by atoms with van der Waals surface area (Å²) in [6.45, 7) is 5.33. The summed E-state index contributed by atoms with van der Waals surface area (Å²) in [5.41, 5.74) is 2.09. The highest BCUT2D eigenvalue weighted by molar-refractivity contribution is 5.49. The van der Waals surface area contributed by atoms with Crippen LogP contribution in [0.1, 0.15) is 24.8 Å². The number of nitrogens with one attached hydrogen (secondary N) is 2. The van der Waals surface area contributed by atoms with Crippen molar-refractivity contribution in [1.29, 1.82) is 0 Å². The van der Waals surface area contributed by atoms with Crippen LogP contribution in [0, 0.1) is 12.8 Å². The lowest BCUT2D eigenvalue weighted by atomic mass is 9.96. The highest BCUT2D eigenvalue weighted by atomic mass is 15.3. The van der Waals surface area contributed by atoms with Crippen molar-refractivity contribution < 1.29 is 0 Å². The third kappa shape index (κ3) is 2.87. The van der Waals surface area contributed by atoms with Crippen molar-refractivity contribution in [3.05, 3.63) is 23.9 Å². The molecule has 102 valence electrons. The predicted octanol–water partition coefficient (Wildman–Crippen LogP) is 1.84. The lowest BCUT2D eigenvalue weighted by Gasteiger charge is -2.22. The van der Waals surface area contributed by atoms with Crippen molar-refractivity contribution in [3.8, 4) is 0 Å². The zero-order valence-corrected chi connectivity index (χ0v) is 11.4. The number of piperidine rings is 1. The molecule has 0 amide bonds. The monoisotopic (exact) mass is 259 g/mol. The van der Waals surface area contributed by atoms with Crippen LogP contribution in [0.25, 0.3) is 5.65 Å². The van der Waals surface area contributed by atoms with E-state index in [0.717, 1.165) is 36.2 Å². The maximum atomic E-state index is 4.52. The van der Waals surface area contributed by atoms with Crippen LogP contribution in [0.5, 0.6) is 0 Å². The number of hydrogen-bond donors (Lipinski definition) is 2. The van der Waals surface area contributed by atoms with Crippen LogP contribution in [0.3, 0.4) is 0 Å². The molecule has 3 heterocycles. The zero-order valence-electron chi connectivity index (χ0n) is 11.4. The van der Waals surface area contributed by atoms with Gasteiger partial charge < -0.3 is 10.6 Å². The fourth-order valence-electron chi connectivity index (χ4n) is 2.67. The Morgan fingerprint density at radius 3 is 3.26 bits per heavy atom. The summed E-state index contributed by atoms with van der Waals surface area (Å²) in [4.78, 5) is 4.52. The number of rotatable bonds is 4. The normalized spacial score (nSPS) is 19.7. The molecule has 0 bridgehead atoms. The van der Waals surface area contributed by atoms with Crippen LogP contribution in [0.4, 0.5) is 5.95 Å². The third-order valence-electron chi connectivity index (χ3n) is 3.79. The third-order valence-corrected chi connectivity index (χ3v) is 3.79. The summed E-state index contributed by atoms with van der Waals surface area (Å²) in [5.74, 6) is 1.53. The molecule has 0 saturated carbocycles. The molecule has 1 saturated heterocycles. The van der Waals surface area contributed by atoms with Crippen LogP contribution in [-0.4, -0.2) is 34.2 Å². The predicted molar refractivity (Wildman–Crippen MR) is 76.4 cm³/mol. The first-order chi connectivity index (χ1) is 9.33. The van der Waals surface area contributed by atoms with Crippen molar-refractivity contribution in [2.75, 3.05) is 25.0 Å². The molecule has 1 aliphatic rings. The summed E-state index contributed by atoms with van der Waals surface area (Å²) in [7, 11) is 0. The minimum absolute atomic E-state index is 0.734. The Kier molecular flexibility index (Phi) is 3.64. The smallest absolute Gasteiger partial charge is 0.243 e. The summed E-state index contributed by atoms with van der Waals surface area (Å²) in [5, 5.41) is 11.2. The minimum Gasteiger partial charge on any atom is -0.353 e. The molecule has 19 heavy (non-hydrogen) atoms. The van der Waals surface area contributed by atoms with E-state index in [0.29, 0.717) is 0 Å². The van der Waals surface area contributed by atoms with E-state index in [1.807, 2.05) is 16.8 Å². The van der Waals surface area contributed by atoms with Gasteiger partial charge in [-0.05, 0) is 56.8 Å². The number of hydrogen-bond acceptors (Lipinski definition) is 4. The number of aromatic nitrogens is 3. The number of nitrogens with zero attached hydrogens (tertiary/aromatic N) is 3. The van der Waals surface area contributed by atoms with Crippen LogP contribution in [0.2, 0.25) is 0 Å². The van der Waals surface area contributed by atoms with Gasteiger partial charge >= 0.3 is 0 Å². The maximum Gasteiger partial charge on any atom is 0.243 e. The first-order valence-electron chi connectivity index (χ1n) is 7.09. The molecular formula is C14H21N5. The number of pyridine rings is 1. The van der Waals surface area contributed by atoms with Gasteiger partial charge in [0.25, 0.3) is 0 Å². The van der Waals surface area contributed by atoms with E-state index >= 15 is 0 Å². The SMILES string of the molecule is Cc1cccn2nc(NCCC3CCCNC3)nc12. The first kappa shape index (κ1) is 12.4. The van der Waals surface area contributed by atoms with Gasteiger partial charge in [0, 0.05) is 12.7 Å². The molecule has 3 rings (SSSR count). The summed E-state index contributed by atoms with van der Waals surface area (Å²) >= 11 is 0. The molecule has 0 aliphatic carbocycles. The molecule has 5 nitrogen and oxygen atoms in total. The van der Waals surface area contributed by atoms with E-state index in [-0.39, 0.29) is 0 Å². The van der Waals surface area contributed by atoms with Gasteiger partial charge in [0.15, 0.2) is 5.65 Å². The molecule has 2 aromatic heterocycles. The van der Waals surface area contributed by atoms with Gasteiger partial charge in [0.05, 0.1) is 0 Å². The molecule has 1 unspecified atom stereocenters. The summed E-state index contributed by atoms with van der Waals surface area (Å²) in [6, 6.07) is 4.05. The fourth-order valence-corrected chi connectivity index (χ4v) is 2.67. The lowest BCUT2D eigenvalue weighted by Crippen LogP contribution is -2.30.